The SMILES string of the molecule is CCCCCCCCCCCCCCCCCCCCCCOB(O)O.NC(CO)(CO)CO. The molecule has 0 aromatic carbocycles. The van der Waals surface area contributed by atoms with E-state index >= 15 is 0 Å². The fourth-order valence-corrected chi connectivity index (χ4v) is 3.70. The minimum absolute atomic E-state index is 0.403. The van der Waals surface area contributed by atoms with Gasteiger partial charge >= 0.3 is 7.32 Å². The molecular weight excluding hydrogens is 433 g/mol. The fourth-order valence-electron chi connectivity index (χ4n) is 3.70. The number of aliphatic hydroxyl groups excluding tert-OH is 3. The summed E-state index contributed by atoms with van der Waals surface area (Å²) in [5.41, 5.74) is 3.94. The summed E-state index contributed by atoms with van der Waals surface area (Å²) in [6.07, 6.45) is 27.4. The van der Waals surface area contributed by atoms with Crippen molar-refractivity contribution >= 4 is 7.32 Å². The zero-order chi connectivity index (χ0) is 25.8. The average Bonchev–Trinajstić information content (AvgIpc) is 2.84. The molecule has 206 valence electrons. The molecule has 7 nitrogen and oxygen atoms in total. The number of aliphatic hydroxyl groups is 3. The Hall–Kier alpha value is -0.215. The number of unbranched alkanes of at least 4 members (excludes halogenated alkanes) is 19. The van der Waals surface area contributed by atoms with Crippen molar-refractivity contribution in [3.8, 4) is 0 Å². The number of nitrogens with two attached hydrogens (primary N) is 1. The Kier molecular flexibility index (Phi) is 30.7. The van der Waals surface area contributed by atoms with Crippen LogP contribution in [-0.2, 0) is 4.65 Å². The maximum Gasteiger partial charge on any atom is 0.633 e. The van der Waals surface area contributed by atoms with Gasteiger partial charge in [-0.3, -0.25) is 0 Å². The topological polar surface area (TPSA) is 136 Å². The molecule has 0 aliphatic rings. The van der Waals surface area contributed by atoms with E-state index in [-0.39, 0.29) is 0 Å². The van der Waals surface area contributed by atoms with Gasteiger partial charge in [0, 0.05) is 6.61 Å². The zero-order valence-electron chi connectivity index (χ0n) is 22.3. The molecule has 0 fully saturated rings. The van der Waals surface area contributed by atoms with Crippen molar-refractivity contribution in [2.75, 3.05) is 26.4 Å². The van der Waals surface area contributed by atoms with Crippen molar-refractivity contribution < 1.29 is 30.0 Å². The lowest BCUT2D eigenvalue weighted by molar-refractivity contribution is 0.0697. The van der Waals surface area contributed by atoms with Gasteiger partial charge in [-0.2, -0.15) is 0 Å². The largest absolute Gasteiger partial charge is 0.633 e. The molecule has 7 N–H and O–H groups in total. The molecule has 0 heterocycles. The Morgan fingerprint density at radius 1 is 0.529 bits per heavy atom. The predicted octanol–water partition coefficient (Wildman–Crippen LogP) is 4.46. The van der Waals surface area contributed by atoms with Crippen LogP contribution in [0.4, 0.5) is 0 Å². The first kappa shape index (κ1) is 35.9. The molecule has 0 aliphatic carbocycles. The number of rotatable bonds is 25. The summed E-state index contributed by atoms with van der Waals surface area (Å²) < 4.78 is 4.69. The second-order valence-electron chi connectivity index (χ2n) is 9.75. The van der Waals surface area contributed by atoms with Gasteiger partial charge in [0.1, 0.15) is 0 Å². The van der Waals surface area contributed by atoms with Crippen LogP contribution < -0.4 is 5.73 Å². The first-order valence-electron chi connectivity index (χ1n) is 14.0. The predicted molar refractivity (Wildman–Crippen MR) is 142 cm³/mol. The summed E-state index contributed by atoms with van der Waals surface area (Å²) in [7, 11) is -1.60. The van der Waals surface area contributed by atoms with E-state index in [1.54, 1.807) is 0 Å². The highest BCUT2D eigenvalue weighted by Crippen LogP contribution is 2.14. The zero-order valence-corrected chi connectivity index (χ0v) is 22.3. The third-order valence-corrected chi connectivity index (χ3v) is 6.21. The summed E-state index contributed by atoms with van der Waals surface area (Å²) >= 11 is 0. The molecule has 0 aromatic rings. The molecule has 0 amide bonds. The second-order valence-corrected chi connectivity index (χ2v) is 9.75. The van der Waals surface area contributed by atoms with Gasteiger partial charge in [-0.05, 0) is 6.42 Å². The molecule has 0 rings (SSSR count). The van der Waals surface area contributed by atoms with Crippen LogP contribution in [0.2, 0.25) is 0 Å². The van der Waals surface area contributed by atoms with Crippen LogP contribution in [0.3, 0.4) is 0 Å². The molecule has 0 aromatic heterocycles. The van der Waals surface area contributed by atoms with E-state index in [9.17, 15) is 0 Å². The van der Waals surface area contributed by atoms with Crippen LogP contribution in [0.15, 0.2) is 0 Å². The third-order valence-electron chi connectivity index (χ3n) is 6.21. The van der Waals surface area contributed by atoms with E-state index < -0.39 is 32.7 Å². The van der Waals surface area contributed by atoms with Gasteiger partial charge in [0.15, 0.2) is 0 Å². The molecule has 0 unspecified atom stereocenters. The van der Waals surface area contributed by atoms with E-state index in [4.69, 9.17) is 31.1 Å². The fraction of sp³-hybridized carbons (Fsp3) is 1.00. The van der Waals surface area contributed by atoms with Crippen LogP contribution in [0, 0.1) is 0 Å². The minimum Gasteiger partial charge on any atom is -0.402 e. The normalized spacial score (nSPS) is 11.4. The molecule has 8 heteroatoms. The van der Waals surface area contributed by atoms with Crippen LogP contribution in [0.25, 0.3) is 0 Å². The van der Waals surface area contributed by atoms with Gasteiger partial charge in [0.2, 0.25) is 0 Å². The van der Waals surface area contributed by atoms with Crippen molar-refractivity contribution in [2.45, 2.75) is 141 Å². The van der Waals surface area contributed by atoms with E-state index in [1.807, 2.05) is 0 Å². The lowest BCUT2D eigenvalue weighted by atomic mass is 10.0. The molecule has 0 atom stereocenters. The van der Waals surface area contributed by atoms with Gasteiger partial charge in [-0.15, -0.1) is 0 Å². The molecule has 0 bridgehead atoms. The van der Waals surface area contributed by atoms with E-state index in [0.29, 0.717) is 6.61 Å². The van der Waals surface area contributed by atoms with Gasteiger partial charge in [0.05, 0.1) is 25.4 Å². The summed E-state index contributed by atoms with van der Waals surface area (Å²) in [6.45, 7) is 1.53. The Bertz CT molecular complexity index is 365. The first-order valence-corrected chi connectivity index (χ1v) is 14.0. The average molecular weight is 492 g/mol. The van der Waals surface area contributed by atoms with Crippen LogP contribution >= 0.6 is 0 Å². The van der Waals surface area contributed by atoms with Gasteiger partial charge in [0.25, 0.3) is 0 Å². The summed E-state index contributed by atoms with van der Waals surface area (Å²) in [5.74, 6) is 0. The van der Waals surface area contributed by atoms with Crippen LogP contribution in [0.5, 0.6) is 0 Å². The lowest BCUT2D eigenvalue weighted by Crippen LogP contribution is -2.50. The van der Waals surface area contributed by atoms with E-state index in [1.165, 1.54) is 116 Å². The van der Waals surface area contributed by atoms with Crippen molar-refractivity contribution in [2.24, 2.45) is 5.73 Å². The number of hydrogen-bond donors (Lipinski definition) is 6. The van der Waals surface area contributed by atoms with Gasteiger partial charge in [-0.25, -0.2) is 0 Å². The standard InChI is InChI=1S/C22H47BO3.C4H11NO3/c1-2-3-4-5-6-7-8-9-10-11-12-13-14-15-16-17-18-19-20-21-22-26-23(24)25;5-4(1-6,2-7)3-8/h24-25H,2-22H2,1H3;6-8H,1-3,5H2. The maximum absolute atomic E-state index is 8.54. The molecule has 0 saturated carbocycles. The molecule has 34 heavy (non-hydrogen) atoms. The summed E-state index contributed by atoms with van der Waals surface area (Å²) in [6, 6.07) is 0. The molecular formula is C26H58BNO6. The Labute approximate surface area is 210 Å². The Morgan fingerprint density at radius 2 is 0.794 bits per heavy atom. The highest BCUT2D eigenvalue weighted by molar-refractivity contribution is 6.32. The van der Waals surface area contributed by atoms with E-state index in [0.717, 1.165) is 12.8 Å². The van der Waals surface area contributed by atoms with Crippen LogP contribution in [-0.4, -0.2) is 64.7 Å². The van der Waals surface area contributed by atoms with Crippen molar-refractivity contribution in [1.82, 2.24) is 0 Å². The minimum atomic E-state index is -1.60. The smallest absolute Gasteiger partial charge is 0.402 e. The molecule has 0 aliphatic heterocycles. The maximum atomic E-state index is 8.54. The van der Waals surface area contributed by atoms with Crippen molar-refractivity contribution in [3.05, 3.63) is 0 Å². The monoisotopic (exact) mass is 491 g/mol. The second kappa shape index (κ2) is 29.0. The van der Waals surface area contributed by atoms with E-state index in [2.05, 4.69) is 11.6 Å². The van der Waals surface area contributed by atoms with Gasteiger partial charge in [-0.1, -0.05) is 129 Å². The Balaban J connectivity index is 0. The summed E-state index contributed by atoms with van der Waals surface area (Å²) in [4.78, 5) is 0. The summed E-state index contributed by atoms with van der Waals surface area (Å²) in [5, 5.41) is 42.1. The number of hydrogen-bond acceptors (Lipinski definition) is 7. The molecule has 0 saturated heterocycles. The lowest BCUT2D eigenvalue weighted by Gasteiger charge is -2.20. The van der Waals surface area contributed by atoms with Crippen LogP contribution in [0.1, 0.15) is 135 Å². The quantitative estimate of drug-likeness (QED) is 0.0820. The van der Waals surface area contributed by atoms with Crippen molar-refractivity contribution in [3.63, 3.8) is 0 Å². The highest BCUT2D eigenvalue weighted by atomic mass is 16.6. The van der Waals surface area contributed by atoms with Gasteiger partial charge < -0.3 is 35.8 Å². The molecule has 0 radical (unpaired) electrons. The first-order chi connectivity index (χ1) is 16.5. The van der Waals surface area contributed by atoms with Crippen molar-refractivity contribution in [1.29, 1.82) is 0 Å². The third kappa shape index (κ3) is 29.8. The Morgan fingerprint density at radius 3 is 1.00 bits per heavy atom. The molecule has 0 spiro atoms. The highest BCUT2D eigenvalue weighted by Gasteiger charge is 2.20.